The van der Waals surface area contributed by atoms with Gasteiger partial charge in [-0.25, -0.2) is 8.42 Å². The number of carbonyl (C=O) groups excluding carboxylic acids is 1. The van der Waals surface area contributed by atoms with Crippen LogP contribution in [0.1, 0.15) is 26.7 Å². The van der Waals surface area contributed by atoms with Gasteiger partial charge in [0.15, 0.2) is 5.78 Å². The van der Waals surface area contributed by atoms with Crippen LogP contribution in [0.15, 0.2) is 0 Å². The van der Waals surface area contributed by atoms with Crippen molar-refractivity contribution in [3.8, 4) is 0 Å². The highest BCUT2D eigenvalue weighted by Crippen LogP contribution is 2.65. The van der Waals surface area contributed by atoms with Gasteiger partial charge in [-0.3, -0.25) is 4.79 Å². The molecule has 100 valence electrons. The molecule has 0 radical (unpaired) electrons. The van der Waals surface area contributed by atoms with Crippen LogP contribution in [0.2, 0.25) is 0 Å². The van der Waals surface area contributed by atoms with Crippen molar-refractivity contribution in [2.75, 3.05) is 5.75 Å². The first-order chi connectivity index (χ1) is 7.12. The SMILES string of the molecule is C[C@]12CC[C@@H](C(Br)C1=O)[C@@]2(C)CS(=O)(=O)[O-].[NH4+]. The molecule has 2 fully saturated rings. The summed E-state index contributed by atoms with van der Waals surface area (Å²) in [5.41, 5.74) is -1.37. The van der Waals surface area contributed by atoms with Gasteiger partial charge in [0.05, 0.1) is 14.9 Å². The second kappa shape index (κ2) is 4.01. The zero-order chi connectivity index (χ0) is 12.4. The van der Waals surface area contributed by atoms with Crippen molar-refractivity contribution in [3.05, 3.63) is 0 Å². The number of hydrogen-bond donors (Lipinski definition) is 1. The van der Waals surface area contributed by atoms with E-state index in [4.69, 9.17) is 0 Å². The Morgan fingerprint density at radius 3 is 2.35 bits per heavy atom. The minimum Gasteiger partial charge on any atom is -0.748 e. The van der Waals surface area contributed by atoms with Crippen LogP contribution in [-0.2, 0) is 14.9 Å². The summed E-state index contributed by atoms with van der Waals surface area (Å²) in [5.74, 6) is -0.418. The van der Waals surface area contributed by atoms with Crippen molar-refractivity contribution >= 4 is 31.8 Å². The lowest BCUT2D eigenvalue weighted by Crippen LogP contribution is -2.40. The molecule has 2 rings (SSSR count). The number of quaternary nitrogens is 1. The number of halogens is 1. The predicted molar refractivity (Wildman–Crippen MR) is 67.2 cm³/mol. The molecular formula is C10H18BrNO4S. The Morgan fingerprint density at radius 1 is 1.47 bits per heavy atom. The van der Waals surface area contributed by atoms with E-state index < -0.39 is 26.7 Å². The Bertz CT molecular complexity index is 451. The highest BCUT2D eigenvalue weighted by molar-refractivity contribution is 9.10. The van der Waals surface area contributed by atoms with Crippen LogP contribution in [0, 0.1) is 16.7 Å². The molecule has 2 bridgehead atoms. The maximum Gasteiger partial charge on any atom is 0.153 e. The van der Waals surface area contributed by atoms with Gasteiger partial charge in [-0.05, 0) is 24.2 Å². The maximum atomic E-state index is 12.0. The average molecular weight is 328 g/mol. The zero-order valence-corrected chi connectivity index (χ0v) is 12.6. The summed E-state index contributed by atoms with van der Waals surface area (Å²) in [6, 6.07) is 0. The number of alkyl halides is 1. The Hall–Kier alpha value is 0.0200. The Balaban J connectivity index is 0.00000144. The molecule has 4 atom stereocenters. The molecule has 0 aromatic carbocycles. The van der Waals surface area contributed by atoms with Crippen LogP contribution in [0.4, 0.5) is 0 Å². The van der Waals surface area contributed by atoms with Gasteiger partial charge in [-0.15, -0.1) is 0 Å². The summed E-state index contributed by atoms with van der Waals surface area (Å²) in [4.78, 5) is 11.8. The van der Waals surface area contributed by atoms with E-state index in [1.165, 1.54) is 0 Å². The lowest BCUT2D eigenvalue weighted by Gasteiger charge is -2.37. The van der Waals surface area contributed by atoms with Crippen molar-refractivity contribution in [1.29, 1.82) is 0 Å². The highest BCUT2D eigenvalue weighted by Gasteiger charge is 2.68. The van der Waals surface area contributed by atoms with E-state index in [2.05, 4.69) is 15.9 Å². The molecule has 0 saturated heterocycles. The van der Waals surface area contributed by atoms with Gasteiger partial charge in [-0.1, -0.05) is 29.8 Å². The van der Waals surface area contributed by atoms with Crippen molar-refractivity contribution in [3.63, 3.8) is 0 Å². The van der Waals surface area contributed by atoms with E-state index in [1.54, 1.807) is 13.8 Å². The van der Waals surface area contributed by atoms with Gasteiger partial charge in [0.25, 0.3) is 0 Å². The fourth-order valence-corrected chi connectivity index (χ4v) is 6.07. The molecule has 2 aliphatic rings. The van der Waals surface area contributed by atoms with Crippen molar-refractivity contribution in [2.24, 2.45) is 16.7 Å². The normalized spacial score (nSPS) is 44.8. The third-order valence-electron chi connectivity index (χ3n) is 4.66. The summed E-state index contributed by atoms with van der Waals surface area (Å²) in [7, 11) is -4.30. The summed E-state index contributed by atoms with van der Waals surface area (Å²) in [5, 5.41) is 0. The summed E-state index contributed by atoms with van der Waals surface area (Å²) < 4.78 is 33.0. The summed E-state index contributed by atoms with van der Waals surface area (Å²) in [6.07, 6.45) is 1.49. The molecule has 0 heterocycles. The van der Waals surface area contributed by atoms with Crippen LogP contribution >= 0.6 is 15.9 Å². The van der Waals surface area contributed by atoms with Crippen LogP contribution < -0.4 is 6.15 Å². The van der Waals surface area contributed by atoms with Crippen molar-refractivity contribution in [2.45, 2.75) is 31.5 Å². The Labute approximate surface area is 110 Å². The quantitative estimate of drug-likeness (QED) is 0.614. The molecule has 0 amide bonds. The third kappa shape index (κ3) is 1.87. The lowest BCUT2D eigenvalue weighted by molar-refractivity contribution is -0.127. The topological polar surface area (TPSA) is 111 Å². The predicted octanol–water partition coefficient (Wildman–Crippen LogP) is 1.68. The number of carbonyl (C=O) groups is 1. The second-order valence-corrected chi connectivity index (χ2v) is 7.75. The first kappa shape index (κ1) is 15.1. The van der Waals surface area contributed by atoms with Crippen LogP contribution in [0.5, 0.6) is 0 Å². The number of ketones is 1. The standard InChI is InChI=1S/C10H15BrO4S.H3N/c1-9-4-3-6(7(11)8(9)12)10(9,2)5-16(13,14)15;/h6-7H,3-5H2,1-2H3,(H,13,14,15);1H3/t6-,7?,9-,10+;/m0./s1. The first-order valence-electron chi connectivity index (χ1n) is 5.24. The van der Waals surface area contributed by atoms with Gasteiger partial charge in [0.2, 0.25) is 0 Å². The molecule has 0 aromatic rings. The number of fused-ring (bicyclic) bond motifs is 2. The number of hydrogen-bond acceptors (Lipinski definition) is 4. The Morgan fingerprint density at radius 2 is 2.00 bits per heavy atom. The highest BCUT2D eigenvalue weighted by atomic mass is 79.9. The third-order valence-corrected chi connectivity index (χ3v) is 6.67. The van der Waals surface area contributed by atoms with Gasteiger partial charge < -0.3 is 10.7 Å². The molecule has 0 aliphatic heterocycles. The van der Waals surface area contributed by atoms with E-state index in [-0.39, 0.29) is 22.7 Å². The van der Waals surface area contributed by atoms with Crippen molar-refractivity contribution in [1.82, 2.24) is 6.15 Å². The minimum atomic E-state index is -4.30. The van der Waals surface area contributed by atoms with E-state index in [1.807, 2.05) is 0 Å². The second-order valence-electron chi connectivity index (χ2n) is 5.36. The van der Waals surface area contributed by atoms with Crippen molar-refractivity contribution < 1.29 is 17.8 Å². The van der Waals surface area contributed by atoms with E-state index in [9.17, 15) is 17.8 Å². The van der Waals surface area contributed by atoms with E-state index in [0.717, 1.165) is 6.42 Å². The fourth-order valence-electron chi connectivity index (χ4n) is 3.45. The molecule has 17 heavy (non-hydrogen) atoms. The largest absolute Gasteiger partial charge is 0.748 e. The average Bonchev–Trinajstić information content (AvgIpc) is 2.40. The molecule has 0 spiro atoms. The smallest absolute Gasteiger partial charge is 0.153 e. The molecule has 2 saturated carbocycles. The van der Waals surface area contributed by atoms with Crippen LogP contribution in [0.3, 0.4) is 0 Å². The lowest BCUT2D eigenvalue weighted by atomic mass is 9.70. The summed E-state index contributed by atoms with van der Waals surface area (Å²) in [6.45, 7) is 3.56. The summed E-state index contributed by atoms with van der Waals surface area (Å²) >= 11 is 3.33. The number of Topliss-reactive ketones (excluding diaryl/α,β-unsaturated/α-hetero) is 1. The molecule has 0 aromatic heterocycles. The molecule has 7 heteroatoms. The molecule has 2 aliphatic carbocycles. The first-order valence-corrected chi connectivity index (χ1v) is 7.73. The fraction of sp³-hybridized carbons (Fsp3) is 0.900. The zero-order valence-electron chi connectivity index (χ0n) is 10.2. The molecular weight excluding hydrogens is 310 g/mol. The number of rotatable bonds is 2. The van der Waals surface area contributed by atoms with Gasteiger partial charge in [0, 0.05) is 11.2 Å². The molecule has 5 nitrogen and oxygen atoms in total. The minimum absolute atomic E-state index is 0. The van der Waals surface area contributed by atoms with E-state index >= 15 is 0 Å². The molecule has 4 N–H and O–H groups in total. The van der Waals surface area contributed by atoms with Crippen LogP contribution in [-0.4, -0.2) is 29.3 Å². The monoisotopic (exact) mass is 327 g/mol. The Kier molecular flexibility index (Phi) is 3.56. The van der Waals surface area contributed by atoms with Gasteiger partial charge >= 0.3 is 0 Å². The van der Waals surface area contributed by atoms with Gasteiger partial charge in [-0.2, -0.15) is 0 Å². The maximum absolute atomic E-state index is 12.0. The van der Waals surface area contributed by atoms with Crippen LogP contribution in [0.25, 0.3) is 0 Å². The molecule has 1 unspecified atom stereocenters. The van der Waals surface area contributed by atoms with Gasteiger partial charge in [0.1, 0.15) is 0 Å². The van der Waals surface area contributed by atoms with E-state index in [0.29, 0.717) is 6.42 Å².